The van der Waals surface area contributed by atoms with Crippen LogP contribution in [0.2, 0.25) is 5.02 Å². The van der Waals surface area contributed by atoms with Crippen LogP contribution in [0.1, 0.15) is 0 Å². The third-order valence-corrected chi connectivity index (χ3v) is 6.43. The fraction of sp³-hybridized carbons (Fsp3) is 0.200. The molecule has 6 heteroatoms. The van der Waals surface area contributed by atoms with Crippen molar-refractivity contribution in [2.45, 2.75) is 0 Å². The van der Waals surface area contributed by atoms with E-state index in [2.05, 4.69) is 16.3 Å². The Labute approximate surface area is 139 Å². The van der Waals surface area contributed by atoms with Crippen molar-refractivity contribution >= 4 is 53.7 Å². The zero-order valence-corrected chi connectivity index (χ0v) is 14.6. The topological polar surface area (TPSA) is 32.3 Å². The molecule has 21 heavy (non-hydrogen) atoms. The molecule has 1 atom stereocenters. The maximum atomic E-state index is 12.1. The van der Waals surface area contributed by atoms with Gasteiger partial charge in [-0.3, -0.25) is 0 Å². The van der Waals surface area contributed by atoms with Crippen molar-refractivity contribution in [1.29, 1.82) is 0 Å². The van der Waals surface area contributed by atoms with Crippen molar-refractivity contribution in [2.75, 3.05) is 28.7 Å². The molecular weight excluding hydrogens is 374 g/mol. The molecule has 0 spiro atoms. The Morgan fingerprint density at radius 3 is 2.62 bits per heavy atom. The van der Waals surface area contributed by atoms with Crippen LogP contribution in [0.25, 0.3) is 0 Å². The van der Waals surface area contributed by atoms with Gasteiger partial charge in [0.05, 0.1) is 0 Å². The average molecular weight is 390 g/mol. The number of anilines is 2. The molecule has 0 fully saturated rings. The van der Waals surface area contributed by atoms with Gasteiger partial charge in [-0.25, -0.2) is 0 Å². The first-order chi connectivity index (χ1) is 9.74. The van der Waals surface area contributed by atoms with Gasteiger partial charge in [0, 0.05) is 0 Å². The minimum absolute atomic E-state index is 0. The van der Waals surface area contributed by atoms with E-state index in [1.165, 1.54) is 0 Å². The Morgan fingerprint density at radius 2 is 1.86 bits per heavy atom. The van der Waals surface area contributed by atoms with Crippen LogP contribution in [0, 0.1) is 0 Å². The number of halogens is 2. The Balaban J connectivity index is 0.00000161. The van der Waals surface area contributed by atoms with Crippen molar-refractivity contribution in [3.63, 3.8) is 0 Å². The molecule has 3 nitrogen and oxygen atoms in total. The summed E-state index contributed by atoms with van der Waals surface area (Å²) in [5, 5.41) is 4.10. The predicted octanol–water partition coefficient (Wildman–Crippen LogP) is 2.86. The maximum absolute atomic E-state index is 12.1. The molecule has 2 aromatic rings. The molecule has 0 bridgehead atoms. The standard InChI is InChI=1S/C15H15ClN2OSe.ClH/c16-12-5-7-13(8-6-12)17-9-10-18-11-20(19)15-4-2-1-3-14(15)18;/h1-8,17H,9-11H2;1H. The summed E-state index contributed by atoms with van der Waals surface area (Å²) in [4.78, 5) is 2.20. The minimum atomic E-state index is -1.86. The quantitative estimate of drug-likeness (QED) is 0.816. The number of benzene rings is 2. The molecule has 112 valence electrons. The first-order valence-electron chi connectivity index (χ1n) is 6.46. The summed E-state index contributed by atoms with van der Waals surface area (Å²) < 4.78 is 13.1. The third kappa shape index (κ3) is 3.78. The second-order valence-corrected chi connectivity index (χ2v) is 7.99. The summed E-state index contributed by atoms with van der Waals surface area (Å²) in [7, 11) is 0. The molecule has 0 saturated carbocycles. The summed E-state index contributed by atoms with van der Waals surface area (Å²) >= 11 is 3.99. The van der Waals surface area contributed by atoms with Crippen LogP contribution in [-0.4, -0.2) is 32.4 Å². The van der Waals surface area contributed by atoms with Crippen LogP contribution >= 0.6 is 24.0 Å². The van der Waals surface area contributed by atoms with Gasteiger partial charge in [0.1, 0.15) is 0 Å². The van der Waals surface area contributed by atoms with Crippen molar-refractivity contribution in [2.24, 2.45) is 0 Å². The van der Waals surface area contributed by atoms with Gasteiger partial charge in [0.2, 0.25) is 0 Å². The Hall–Kier alpha value is -1.06. The average Bonchev–Trinajstić information content (AvgIpc) is 2.79. The van der Waals surface area contributed by atoms with Gasteiger partial charge in [0.15, 0.2) is 0 Å². The number of hydrogen-bond acceptors (Lipinski definition) is 3. The molecule has 1 heterocycles. The summed E-state index contributed by atoms with van der Waals surface area (Å²) in [6.07, 6.45) is 0. The van der Waals surface area contributed by atoms with Gasteiger partial charge in [-0.15, -0.1) is 12.4 Å². The van der Waals surface area contributed by atoms with Gasteiger partial charge in [-0.2, -0.15) is 0 Å². The van der Waals surface area contributed by atoms with Gasteiger partial charge >= 0.3 is 127 Å². The fourth-order valence-electron chi connectivity index (χ4n) is 2.28. The van der Waals surface area contributed by atoms with Gasteiger partial charge < -0.3 is 0 Å². The fourth-order valence-corrected chi connectivity index (χ4v) is 5.24. The van der Waals surface area contributed by atoms with Crippen molar-refractivity contribution in [3.8, 4) is 0 Å². The molecule has 0 aliphatic carbocycles. The SMILES string of the molecule is Cl.O=[Se]1CN(CCNc2ccc(Cl)cc2)c2ccccc21. The van der Waals surface area contributed by atoms with Crippen LogP contribution < -0.4 is 14.7 Å². The predicted molar refractivity (Wildman–Crippen MR) is 91.9 cm³/mol. The number of para-hydroxylation sites is 1. The van der Waals surface area contributed by atoms with Crippen molar-refractivity contribution < 1.29 is 3.83 Å². The van der Waals surface area contributed by atoms with Crippen LogP contribution in [-0.2, 0) is 3.83 Å². The van der Waals surface area contributed by atoms with E-state index < -0.39 is 13.8 Å². The molecule has 1 N–H and O–H groups in total. The van der Waals surface area contributed by atoms with E-state index >= 15 is 0 Å². The van der Waals surface area contributed by atoms with Crippen LogP contribution in [0.15, 0.2) is 48.5 Å². The van der Waals surface area contributed by atoms with Crippen molar-refractivity contribution in [3.05, 3.63) is 53.6 Å². The van der Waals surface area contributed by atoms with E-state index in [0.29, 0.717) is 5.44 Å². The van der Waals surface area contributed by atoms with Crippen LogP contribution in [0.5, 0.6) is 0 Å². The van der Waals surface area contributed by atoms with E-state index in [0.717, 1.165) is 33.9 Å². The number of rotatable bonds is 4. The second kappa shape index (κ2) is 7.28. The summed E-state index contributed by atoms with van der Waals surface area (Å²) in [5.41, 5.74) is 2.86. The number of nitrogens with zero attached hydrogens (tertiary/aromatic N) is 1. The molecular formula is C15H16Cl2N2OSe. The normalized spacial score (nSPS) is 16.2. The summed E-state index contributed by atoms with van der Waals surface area (Å²) in [6.45, 7) is 1.66. The molecule has 1 aliphatic rings. The molecule has 0 aromatic heterocycles. The van der Waals surface area contributed by atoms with Crippen LogP contribution in [0.4, 0.5) is 11.4 Å². The van der Waals surface area contributed by atoms with Crippen LogP contribution in [0.3, 0.4) is 0 Å². The van der Waals surface area contributed by atoms with Gasteiger partial charge in [-0.05, 0) is 0 Å². The number of hydrogen-bond donors (Lipinski definition) is 1. The first kappa shape index (κ1) is 16.3. The third-order valence-electron chi connectivity index (χ3n) is 3.28. The Bertz CT molecular complexity index is 634. The number of nitrogens with one attached hydrogen (secondary N) is 1. The summed E-state index contributed by atoms with van der Waals surface area (Å²) in [6, 6.07) is 15.7. The zero-order valence-electron chi connectivity index (χ0n) is 11.3. The van der Waals surface area contributed by atoms with E-state index in [4.69, 9.17) is 11.6 Å². The molecule has 1 aliphatic heterocycles. The molecule has 2 aromatic carbocycles. The van der Waals surface area contributed by atoms with E-state index in [-0.39, 0.29) is 12.4 Å². The van der Waals surface area contributed by atoms with E-state index in [1.54, 1.807) is 0 Å². The number of fused-ring (bicyclic) bond motifs is 1. The molecule has 0 amide bonds. The van der Waals surface area contributed by atoms with Gasteiger partial charge in [-0.1, -0.05) is 0 Å². The molecule has 0 saturated heterocycles. The van der Waals surface area contributed by atoms with Crippen molar-refractivity contribution in [1.82, 2.24) is 0 Å². The molecule has 1 unspecified atom stereocenters. The Kier molecular flexibility index (Phi) is 5.65. The molecule has 3 rings (SSSR count). The molecule has 0 radical (unpaired) electrons. The first-order valence-corrected chi connectivity index (χ1v) is 9.60. The Morgan fingerprint density at radius 1 is 1.14 bits per heavy atom. The second-order valence-electron chi connectivity index (χ2n) is 4.64. The summed E-state index contributed by atoms with van der Waals surface area (Å²) in [5.74, 6) is 0. The van der Waals surface area contributed by atoms with E-state index in [9.17, 15) is 3.83 Å². The van der Waals surface area contributed by atoms with Gasteiger partial charge in [0.25, 0.3) is 0 Å². The zero-order chi connectivity index (χ0) is 13.9. The van der Waals surface area contributed by atoms with E-state index in [1.807, 2.05) is 42.5 Å². The monoisotopic (exact) mass is 390 g/mol.